The van der Waals surface area contributed by atoms with Crippen LogP contribution in [-0.4, -0.2) is 5.11 Å². The van der Waals surface area contributed by atoms with E-state index in [1.807, 2.05) is 11.4 Å². The van der Waals surface area contributed by atoms with Gasteiger partial charge in [0.2, 0.25) is 0 Å². The van der Waals surface area contributed by atoms with E-state index < -0.39 is 0 Å². The quantitative estimate of drug-likeness (QED) is 0.693. The van der Waals surface area contributed by atoms with E-state index in [1.54, 1.807) is 17.4 Å². The first-order valence-corrected chi connectivity index (χ1v) is 5.40. The Bertz CT molecular complexity index is 436. The Balaban J connectivity index is 2.94. The van der Waals surface area contributed by atoms with Gasteiger partial charge in [0.1, 0.15) is 5.75 Å². The molecule has 1 N–H and O–H groups in total. The lowest BCUT2D eigenvalue weighted by Gasteiger charge is -2.01. The molecule has 0 saturated carbocycles. The third-order valence-corrected chi connectivity index (χ3v) is 4.09. The minimum absolute atomic E-state index is 0.245. The Morgan fingerprint density at radius 1 is 1.50 bits per heavy atom. The molecule has 0 amide bonds. The van der Waals surface area contributed by atoms with Gasteiger partial charge >= 0.3 is 0 Å². The van der Waals surface area contributed by atoms with Gasteiger partial charge in [0.25, 0.3) is 0 Å². The van der Waals surface area contributed by atoms with Gasteiger partial charge in [-0.3, -0.25) is 0 Å². The molecular weight excluding hydrogens is 256 g/mol. The minimum Gasteiger partial charge on any atom is -0.507 e. The molecule has 2 rings (SSSR count). The number of hydrogen-bond donors (Lipinski definition) is 2. The summed E-state index contributed by atoms with van der Waals surface area (Å²) in [6.07, 6.45) is 0. The van der Waals surface area contributed by atoms with Crippen molar-refractivity contribution in [3.05, 3.63) is 22.0 Å². The molecule has 0 spiro atoms. The number of thiophene rings is 1. The van der Waals surface area contributed by atoms with E-state index in [1.165, 1.54) is 0 Å². The number of hydrogen-bond acceptors (Lipinski definition) is 3. The normalized spacial score (nSPS) is 10.8. The van der Waals surface area contributed by atoms with Gasteiger partial charge in [-0.05, 0) is 33.4 Å². The number of phenolic OH excluding ortho intramolecular Hbond substituents is 1. The highest BCUT2D eigenvalue weighted by Crippen LogP contribution is 2.38. The van der Waals surface area contributed by atoms with Crippen molar-refractivity contribution in [1.82, 2.24) is 0 Å². The summed E-state index contributed by atoms with van der Waals surface area (Å²) in [5.74, 6) is 0.245. The highest BCUT2D eigenvalue weighted by molar-refractivity contribution is 9.10. The Morgan fingerprint density at radius 3 is 3.00 bits per heavy atom. The summed E-state index contributed by atoms with van der Waals surface area (Å²) >= 11 is 9.16. The molecule has 0 radical (unpaired) electrons. The fourth-order valence-corrected chi connectivity index (χ4v) is 2.60. The molecule has 0 aliphatic heterocycles. The van der Waals surface area contributed by atoms with E-state index in [-0.39, 0.29) is 5.75 Å². The average Bonchev–Trinajstić information content (AvgIpc) is 2.48. The third kappa shape index (κ3) is 1.14. The standard InChI is InChI=1S/C8H5BrOS2/c9-7-5(10)3-6-4(8(7)11)1-2-12-6/h1-3,10-11H. The number of phenols is 1. The number of fused-ring (bicyclic) bond motifs is 1. The minimum atomic E-state index is 0.245. The second kappa shape index (κ2) is 2.94. The maximum atomic E-state index is 9.43. The van der Waals surface area contributed by atoms with E-state index in [0.717, 1.165) is 15.0 Å². The van der Waals surface area contributed by atoms with E-state index in [0.29, 0.717) is 4.47 Å². The van der Waals surface area contributed by atoms with Crippen molar-refractivity contribution < 1.29 is 5.11 Å². The number of benzene rings is 1. The molecule has 0 aliphatic rings. The summed E-state index contributed by atoms with van der Waals surface area (Å²) in [6.45, 7) is 0. The summed E-state index contributed by atoms with van der Waals surface area (Å²) in [7, 11) is 0. The molecule has 1 aromatic carbocycles. The van der Waals surface area contributed by atoms with E-state index in [4.69, 9.17) is 0 Å². The molecule has 0 saturated heterocycles. The molecular formula is C8H5BrOS2. The lowest BCUT2D eigenvalue weighted by molar-refractivity contribution is 0.471. The largest absolute Gasteiger partial charge is 0.507 e. The lowest BCUT2D eigenvalue weighted by atomic mass is 10.2. The predicted molar refractivity (Wildman–Crippen MR) is 58.4 cm³/mol. The van der Waals surface area contributed by atoms with Crippen LogP contribution in [0.3, 0.4) is 0 Å². The van der Waals surface area contributed by atoms with Gasteiger partial charge in [-0.25, -0.2) is 0 Å². The molecule has 2 aromatic rings. The van der Waals surface area contributed by atoms with Crippen molar-refractivity contribution in [2.24, 2.45) is 0 Å². The second-order valence-electron chi connectivity index (χ2n) is 2.39. The summed E-state index contributed by atoms with van der Waals surface area (Å²) in [5.41, 5.74) is 0. The van der Waals surface area contributed by atoms with E-state index >= 15 is 0 Å². The molecule has 4 heteroatoms. The van der Waals surface area contributed by atoms with Gasteiger partial charge in [-0.2, -0.15) is 0 Å². The van der Waals surface area contributed by atoms with Crippen LogP contribution in [0.5, 0.6) is 5.75 Å². The molecule has 0 unspecified atom stereocenters. The van der Waals surface area contributed by atoms with Crippen LogP contribution in [0.1, 0.15) is 0 Å². The van der Waals surface area contributed by atoms with Crippen LogP contribution < -0.4 is 0 Å². The molecule has 1 nitrogen and oxygen atoms in total. The Morgan fingerprint density at radius 2 is 2.25 bits per heavy atom. The van der Waals surface area contributed by atoms with Crippen molar-refractivity contribution in [3.63, 3.8) is 0 Å². The summed E-state index contributed by atoms with van der Waals surface area (Å²) < 4.78 is 1.72. The molecule has 1 aromatic heterocycles. The van der Waals surface area contributed by atoms with Gasteiger partial charge < -0.3 is 5.11 Å². The maximum absolute atomic E-state index is 9.43. The molecule has 0 aliphatic carbocycles. The topological polar surface area (TPSA) is 20.2 Å². The van der Waals surface area contributed by atoms with Gasteiger partial charge in [0.15, 0.2) is 0 Å². The average molecular weight is 261 g/mol. The maximum Gasteiger partial charge on any atom is 0.132 e. The highest BCUT2D eigenvalue weighted by atomic mass is 79.9. The molecule has 0 bridgehead atoms. The van der Waals surface area contributed by atoms with Crippen molar-refractivity contribution in [1.29, 1.82) is 0 Å². The number of aromatic hydroxyl groups is 1. The zero-order valence-electron chi connectivity index (χ0n) is 5.91. The first-order valence-electron chi connectivity index (χ1n) is 3.28. The molecule has 0 atom stereocenters. The zero-order chi connectivity index (χ0) is 8.72. The second-order valence-corrected chi connectivity index (χ2v) is 4.58. The highest BCUT2D eigenvalue weighted by Gasteiger charge is 2.07. The van der Waals surface area contributed by atoms with Gasteiger partial charge in [0, 0.05) is 15.0 Å². The number of rotatable bonds is 0. The molecule has 12 heavy (non-hydrogen) atoms. The van der Waals surface area contributed by atoms with Gasteiger partial charge in [-0.1, -0.05) is 0 Å². The van der Waals surface area contributed by atoms with Gasteiger partial charge in [-0.15, -0.1) is 24.0 Å². The number of halogens is 1. The Kier molecular flexibility index (Phi) is 2.06. The number of thiol groups is 1. The first-order chi connectivity index (χ1) is 5.70. The lowest BCUT2D eigenvalue weighted by Crippen LogP contribution is -1.73. The van der Waals surface area contributed by atoms with Crippen molar-refractivity contribution in [3.8, 4) is 5.75 Å². The van der Waals surface area contributed by atoms with E-state index in [2.05, 4.69) is 28.6 Å². The fraction of sp³-hybridized carbons (Fsp3) is 0. The molecule has 1 heterocycles. The molecule has 0 fully saturated rings. The van der Waals surface area contributed by atoms with Crippen LogP contribution in [0.25, 0.3) is 10.1 Å². The van der Waals surface area contributed by atoms with Crippen molar-refractivity contribution >= 4 is 50.0 Å². The monoisotopic (exact) mass is 260 g/mol. The smallest absolute Gasteiger partial charge is 0.132 e. The fourth-order valence-electron chi connectivity index (χ4n) is 1.06. The van der Waals surface area contributed by atoms with Crippen molar-refractivity contribution in [2.45, 2.75) is 4.90 Å². The summed E-state index contributed by atoms with van der Waals surface area (Å²) in [4.78, 5) is 0.797. The van der Waals surface area contributed by atoms with Gasteiger partial charge in [0.05, 0.1) is 4.47 Å². The van der Waals surface area contributed by atoms with Crippen LogP contribution >= 0.6 is 39.9 Å². The third-order valence-electron chi connectivity index (χ3n) is 1.65. The Labute approximate surface area is 87.6 Å². The Hall–Kier alpha value is -0.190. The first kappa shape index (κ1) is 8.41. The van der Waals surface area contributed by atoms with Crippen LogP contribution in [-0.2, 0) is 0 Å². The van der Waals surface area contributed by atoms with Crippen molar-refractivity contribution in [2.75, 3.05) is 0 Å². The molecule has 62 valence electrons. The zero-order valence-corrected chi connectivity index (χ0v) is 9.21. The predicted octanol–water partition coefficient (Wildman–Crippen LogP) is 3.66. The summed E-state index contributed by atoms with van der Waals surface area (Å²) in [6, 6.07) is 3.73. The summed E-state index contributed by atoms with van der Waals surface area (Å²) in [5, 5.41) is 12.5. The van der Waals surface area contributed by atoms with Crippen LogP contribution in [0, 0.1) is 0 Å². The van der Waals surface area contributed by atoms with Crippen LogP contribution in [0.2, 0.25) is 0 Å². The van der Waals surface area contributed by atoms with E-state index in [9.17, 15) is 5.11 Å². The van der Waals surface area contributed by atoms with Crippen LogP contribution in [0.4, 0.5) is 0 Å². The van der Waals surface area contributed by atoms with Crippen LogP contribution in [0.15, 0.2) is 26.9 Å². The SMILES string of the molecule is Oc1cc2sccc2c(S)c1Br.